The number of rotatable bonds is 5. The maximum Gasteiger partial charge on any atom is 0.246 e. The van der Waals surface area contributed by atoms with Crippen LogP contribution in [-0.2, 0) is 9.53 Å². The summed E-state index contributed by atoms with van der Waals surface area (Å²) >= 11 is 0. The fourth-order valence-corrected chi connectivity index (χ4v) is 2.31. The fraction of sp³-hybridized carbons (Fsp3) is 0.917. The molecule has 0 aromatic carbocycles. The van der Waals surface area contributed by atoms with Gasteiger partial charge in [-0.15, -0.1) is 0 Å². The highest BCUT2D eigenvalue weighted by Crippen LogP contribution is 2.21. The number of nitrogens with one attached hydrogen (secondary N) is 2. The molecule has 0 bridgehead atoms. The Balaban J connectivity index is 1.68. The van der Waals surface area contributed by atoms with Gasteiger partial charge in [-0.25, -0.2) is 0 Å². The zero-order chi connectivity index (χ0) is 11.4. The molecular weight excluding hydrogens is 204 g/mol. The Kier molecular flexibility index (Phi) is 4.18. The molecule has 2 rings (SSSR count). The highest BCUT2D eigenvalue weighted by molar-refractivity contribution is 5.77. The second-order valence-corrected chi connectivity index (χ2v) is 4.87. The highest BCUT2D eigenvalue weighted by Gasteiger charge is 2.26. The van der Waals surface area contributed by atoms with E-state index in [1.807, 2.05) is 7.05 Å². The molecule has 0 aliphatic heterocycles. The Hall–Kier alpha value is -0.610. The maximum absolute atomic E-state index is 11.5. The van der Waals surface area contributed by atoms with Gasteiger partial charge in [-0.2, -0.15) is 0 Å². The molecule has 2 fully saturated rings. The lowest BCUT2D eigenvalue weighted by Crippen LogP contribution is -2.43. The standard InChI is InChI=1S/C12H22N2O2/c1-13-10-4-2-3-5-11(10)16-8-12(15)14-9-6-7-9/h9-11,13H,2-8H2,1H3,(H,14,15). The molecule has 16 heavy (non-hydrogen) atoms. The molecule has 0 aromatic rings. The minimum absolute atomic E-state index is 0.0444. The Labute approximate surface area is 97.1 Å². The van der Waals surface area contributed by atoms with Crippen molar-refractivity contribution in [2.45, 2.75) is 56.7 Å². The van der Waals surface area contributed by atoms with E-state index >= 15 is 0 Å². The van der Waals surface area contributed by atoms with E-state index in [-0.39, 0.29) is 18.6 Å². The lowest BCUT2D eigenvalue weighted by molar-refractivity contribution is -0.129. The van der Waals surface area contributed by atoms with Gasteiger partial charge in [0, 0.05) is 12.1 Å². The molecule has 2 N–H and O–H groups in total. The number of hydrogen-bond donors (Lipinski definition) is 2. The van der Waals surface area contributed by atoms with Crippen LogP contribution >= 0.6 is 0 Å². The zero-order valence-electron chi connectivity index (χ0n) is 10.00. The third-order valence-electron chi connectivity index (χ3n) is 3.44. The van der Waals surface area contributed by atoms with Gasteiger partial charge in [-0.3, -0.25) is 4.79 Å². The predicted octanol–water partition coefficient (Wildman–Crippen LogP) is 0.812. The predicted molar refractivity (Wildman–Crippen MR) is 62.2 cm³/mol. The topological polar surface area (TPSA) is 50.4 Å². The molecule has 0 spiro atoms. The van der Waals surface area contributed by atoms with Gasteiger partial charge in [-0.1, -0.05) is 12.8 Å². The average molecular weight is 226 g/mol. The largest absolute Gasteiger partial charge is 0.367 e. The summed E-state index contributed by atoms with van der Waals surface area (Å²) in [5.74, 6) is 0.0444. The van der Waals surface area contributed by atoms with Gasteiger partial charge in [0.15, 0.2) is 0 Å². The van der Waals surface area contributed by atoms with E-state index in [0.29, 0.717) is 12.1 Å². The van der Waals surface area contributed by atoms with E-state index in [4.69, 9.17) is 4.74 Å². The van der Waals surface area contributed by atoms with Crippen molar-refractivity contribution in [1.29, 1.82) is 0 Å². The zero-order valence-corrected chi connectivity index (χ0v) is 10.00. The van der Waals surface area contributed by atoms with Crippen molar-refractivity contribution in [2.24, 2.45) is 0 Å². The molecular formula is C12H22N2O2. The monoisotopic (exact) mass is 226 g/mol. The minimum Gasteiger partial charge on any atom is -0.367 e. The van der Waals surface area contributed by atoms with E-state index in [9.17, 15) is 4.79 Å². The Bertz CT molecular complexity index is 241. The average Bonchev–Trinajstić information content (AvgIpc) is 3.10. The lowest BCUT2D eigenvalue weighted by atomic mass is 9.92. The summed E-state index contributed by atoms with van der Waals surface area (Å²) in [6.07, 6.45) is 7.19. The second-order valence-electron chi connectivity index (χ2n) is 4.87. The van der Waals surface area contributed by atoms with Crippen LogP contribution in [0.15, 0.2) is 0 Å². The van der Waals surface area contributed by atoms with Crippen molar-refractivity contribution < 1.29 is 9.53 Å². The second kappa shape index (κ2) is 5.64. The van der Waals surface area contributed by atoms with Crippen LogP contribution in [0, 0.1) is 0 Å². The smallest absolute Gasteiger partial charge is 0.246 e. The molecule has 4 heteroatoms. The highest BCUT2D eigenvalue weighted by atomic mass is 16.5. The molecule has 0 radical (unpaired) electrons. The van der Waals surface area contributed by atoms with E-state index in [0.717, 1.165) is 25.7 Å². The maximum atomic E-state index is 11.5. The molecule has 2 aliphatic carbocycles. The summed E-state index contributed by atoms with van der Waals surface area (Å²) in [6.45, 7) is 0.222. The van der Waals surface area contributed by atoms with Crippen molar-refractivity contribution in [3.8, 4) is 0 Å². The van der Waals surface area contributed by atoms with E-state index in [2.05, 4.69) is 10.6 Å². The summed E-state index contributed by atoms with van der Waals surface area (Å²) in [6, 6.07) is 0.852. The van der Waals surface area contributed by atoms with Crippen LogP contribution in [0.25, 0.3) is 0 Å². The molecule has 0 aromatic heterocycles. The summed E-state index contributed by atoms with van der Waals surface area (Å²) in [4.78, 5) is 11.5. The Morgan fingerprint density at radius 2 is 2.00 bits per heavy atom. The van der Waals surface area contributed by atoms with Crippen LogP contribution in [-0.4, -0.2) is 37.7 Å². The molecule has 4 nitrogen and oxygen atoms in total. The van der Waals surface area contributed by atoms with Gasteiger partial charge >= 0.3 is 0 Å². The molecule has 92 valence electrons. The van der Waals surface area contributed by atoms with Crippen molar-refractivity contribution in [3.63, 3.8) is 0 Å². The summed E-state index contributed by atoms with van der Waals surface area (Å²) in [5.41, 5.74) is 0. The van der Waals surface area contributed by atoms with Crippen LogP contribution in [0.2, 0.25) is 0 Å². The molecule has 1 amide bonds. The number of carbonyl (C=O) groups excluding carboxylic acids is 1. The van der Waals surface area contributed by atoms with Crippen LogP contribution in [0.5, 0.6) is 0 Å². The van der Waals surface area contributed by atoms with Gasteiger partial charge < -0.3 is 15.4 Å². The Morgan fingerprint density at radius 1 is 1.25 bits per heavy atom. The third-order valence-corrected chi connectivity index (χ3v) is 3.44. The molecule has 2 aliphatic rings. The molecule has 2 unspecified atom stereocenters. The third kappa shape index (κ3) is 3.46. The molecule has 2 atom stereocenters. The first kappa shape index (κ1) is 11.9. The van der Waals surface area contributed by atoms with Crippen molar-refractivity contribution in [1.82, 2.24) is 10.6 Å². The quantitative estimate of drug-likeness (QED) is 0.729. The number of carbonyl (C=O) groups is 1. The Morgan fingerprint density at radius 3 is 2.69 bits per heavy atom. The van der Waals surface area contributed by atoms with E-state index in [1.165, 1.54) is 12.8 Å². The molecule has 0 saturated heterocycles. The first-order valence-electron chi connectivity index (χ1n) is 6.38. The van der Waals surface area contributed by atoms with Gasteiger partial charge in [0.05, 0.1) is 6.10 Å². The van der Waals surface area contributed by atoms with Crippen LogP contribution in [0.3, 0.4) is 0 Å². The fourth-order valence-electron chi connectivity index (χ4n) is 2.31. The number of likely N-dealkylation sites (N-methyl/N-ethyl adjacent to an activating group) is 1. The van der Waals surface area contributed by atoms with E-state index < -0.39 is 0 Å². The van der Waals surface area contributed by atoms with Crippen molar-refractivity contribution in [3.05, 3.63) is 0 Å². The number of hydrogen-bond acceptors (Lipinski definition) is 3. The van der Waals surface area contributed by atoms with Gasteiger partial charge in [0.1, 0.15) is 6.61 Å². The number of ether oxygens (including phenoxy) is 1. The van der Waals surface area contributed by atoms with Crippen LogP contribution in [0.1, 0.15) is 38.5 Å². The van der Waals surface area contributed by atoms with Crippen LogP contribution < -0.4 is 10.6 Å². The minimum atomic E-state index is 0.0444. The summed E-state index contributed by atoms with van der Waals surface area (Å²) < 4.78 is 5.70. The first-order valence-corrected chi connectivity index (χ1v) is 6.38. The normalized spacial score (nSPS) is 30.1. The van der Waals surface area contributed by atoms with Crippen LogP contribution in [0.4, 0.5) is 0 Å². The first-order chi connectivity index (χ1) is 7.79. The van der Waals surface area contributed by atoms with E-state index in [1.54, 1.807) is 0 Å². The van der Waals surface area contributed by atoms with Crippen molar-refractivity contribution in [2.75, 3.05) is 13.7 Å². The van der Waals surface area contributed by atoms with Gasteiger partial charge in [-0.05, 0) is 32.7 Å². The van der Waals surface area contributed by atoms with Gasteiger partial charge in [0.2, 0.25) is 5.91 Å². The molecule has 2 saturated carbocycles. The summed E-state index contributed by atoms with van der Waals surface area (Å²) in [7, 11) is 1.97. The SMILES string of the molecule is CNC1CCCCC1OCC(=O)NC1CC1. The summed E-state index contributed by atoms with van der Waals surface area (Å²) in [5, 5.41) is 6.22. The van der Waals surface area contributed by atoms with Gasteiger partial charge in [0.25, 0.3) is 0 Å². The lowest BCUT2D eigenvalue weighted by Gasteiger charge is -2.30. The van der Waals surface area contributed by atoms with Crippen molar-refractivity contribution >= 4 is 5.91 Å². The molecule has 0 heterocycles. The number of amides is 1.